The molecule has 1 aromatic heterocycles. The van der Waals surface area contributed by atoms with E-state index in [9.17, 15) is 9.59 Å². The molecule has 1 unspecified atom stereocenters. The van der Waals surface area contributed by atoms with Crippen molar-refractivity contribution in [3.8, 4) is 0 Å². The van der Waals surface area contributed by atoms with E-state index >= 15 is 0 Å². The normalized spacial score (nSPS) is 17.5. The predicted molar refractivity (Wildman–Crippen MR) is 91.8 cm³/mol. The molecule has 136 valence electrons. The molecule has 7 nitrogen and oxygen atoms in total. The average molecular weight is 339 g/mol. The number of carbonyl (C=O) groups excluding carboxylic acids is 2. The Hall–Kier alpha value is -1.89. The third kappa shape index (κ3) is 5.96. The van der Waals surface area contributed by atoms with Crippen molar-refractivity contribution in [3.63, 3.8) is 0 Å². The second-order valence-corrected chi connectivity index (χ2v) is 7.78. The fraction of sp³-hybridized carbons (Fsp3) is 0.706. The summed E-state index contributed by atoms with van der Waals surface area (Å²) in [5, 5.41) is 6.46. The van der Waals surface area contributed by atoms with Gasteiger partial charge in [0.25, 0.3) is 0 Å². The standard InChI is InChI=1S/C12H17N3O3.C5H12O/c1-12(2,3)9-6-10(14-18-9)13-11(17)8-4-5-15(8)7-16;1-5(2,3)6-4/h6-8H,4-5H2,1-3H3,(H,13,14,17);1-4H3. The minimum absolute atomic E-state index is 0.0417. The van der Waals surface area contributed by atoms with Crippen molar-refractivity contribution < 1.29 is 18.8 Å². The molecule has 2 rings (SSSR count). The third-order valence-electron chi connectivity index (χ3n) is 3.61. The van der Waals surface area contributed by atoms with E-state index in [4.69, 9.17) is 9.26 Å². The van der Waals surface area contributed by atoms with Crippen LogP contribution in [-0.4, -0.2) is 47.7 Å². The first-order valence-electron chi connectivity index (χ1n) is 8.02. The van der Waals surface area contributed by atoms with E-state index in [0.717, 1.165) is 0 Å². The smallest absolute Gasteiger partial charge is 0.248 e. The van der Waals surface area contributed by atoms with Gasteiger partial charge in [-0.05, 0) is 27.2 Å². The van der Waals surface area contributed by atoms with Crippen LogP contribution < -0.4 is 5.32 Å². The first-order valence-corrected chi connectivity index (χ1v) is 8.02. The molecule has 1 fully saturated rings. The zero-order valence-corrected chi connectivity index (χ0v) is 15.7. The van der Waals surface area contributed by atoms with E-state index in [1.54, 1.807) is 13.2 Å². The monoisotopic (exact) mass is 339 g/mol. The molecule has 1 aliphatic rings. The number of rotatable bonds is 3. The van der Waals surface area contributed by atoms with Crippen LogP contribution in [0.25, 0.3) is 0 Å². The fourth-order valence-corrected chi connectivity index (χ4v) is 1.71. The molecule has 1 aliphatic heterocycles. The minimum Gasteiger partial charge on any atom is -0.379 e. The van der Waals surface area contributed by atoms with Crippen LogP contribution in [0.3, 0.4) is 0 Å². The number of likely N-dealkylation sites (tertiary alicyclic amines) is 1. The maximum atomic E-state index is 11.8. The number of amides is 2. The topological polar surface area (TPSA) is 84.7 Å². The van der Waals surface area contributed by atoms with Crippen molar-refractivity contribution in [2.45, 2.75) is 65.0 Å². The van der Waals surface area contributed by atoms with Crippen LogP contribution in [-0.2, 0) is 19.7 Å². The van der Waals surface area contributed by atoms with Crippen molar-refractivity contribution in [2.75, 3.05) is 19.0 Å². The van der Waals surface area contributed by atoms with Crippen molar-refractivity contribution in [3.05, 3.63) is 11.8 Å². The molecule has 1 atom stereocenters. The summed E-state index contributed by atoms with van der Waals surface area (Å²) in [6.45, 7) is 12.7. The Kier molecular flexibility index (Phi) is 6.54. The first kappa shape index (κ1) is 20.2. The lowest BCUT2D eigenvalue weighted by atomic mass is 9.93. The van der Waals surface area contributed by atoms with E-state index < -0.39 is 0 Å². The van der Waals surface area contributed by atoms with Crippen molar-refractivity contribution in [1.82, 2.24) is 10.1 Å². The molecular weight excluding hydrogens is 310 g/mol. The highest BCUT2D eigenvalue weighted by Crippen LogP contribution is 2.25. The Morgan fingerprint density at radius 2 is 1.96 bits per heavy atom. The van der Waals surface area contributed by atoms with Gasteiger partial charge in [-0.15, -0.1) is 0 Å². The molecule has 7 heteroatoms. The summed E-state index contributed by atoms with van der Waals surface area (Å²) >= 11 is 0. The molecule has 1 N–H and O–H groups in total. The fourth-order valence-electron chi connectivity index (χ4n) is 1.71. The van der Waals surface area contributed by atoms with Gasteiger partial charge in [0.05, 0.1) is 5.60 Å². The number of nitrogens with zero attached hydrogens (tertiary/aromatic N) is 2. The van der Waals surface area contributed by atoms with E-state index in [2.05, 4.69) is 10.5 Å². The van der Waals surface area contributed by atoms with Crippen LogP contribution in [0.5, 0.6) is 0 Å². The van der Waals surface area contributed by atoms with Gasteiger partial charge in [0, 0.05) is 25.1 Å². The molecule has 2 heterocycles. The Morgan fingerprint density at radius 1 is 1.38 bits per heavy atom. The lowest BCUT2D eigenvalue weighted by Crippen LogP contribution is -2.53. The summed E-state index contributed by atoms with van der Waals surface area (Å²) in [5.74, 6) is 0.878. The van der Waals surface area contributed by atoms with Crippen LogP contribution in [0.2, 0.25) is 0 Å². The van der Waals surface area contributed by atoms with E-state index in [1.807, 2.05) is 41.5 Å². The first-order chi connectivity index (χ1) is 11.0. The number of ether oxygens (including phenoxy) is 1. The molecule has 0 aromatic carbocycles. The van der Waals surface area contributed by atoms with Gasteiger partial charge >= 0.3 is 0 Å². The largest absolute Gasteiger partial charge is 0.379 e. The highest BCUT2D eigenvalue weighted by molar-refractivity contribution is 5.95. The SMILES string of the molecule is CC(C)(C)c1cc(NC(=O)C2CCN2C=O)no1.COC(C)(C)C. The quantitative estimate of drug-likeness (QED) is 0.856. The Morgan fingerprint density at radius 3 is 2.29 bits per heavy atom. The number of anilines is 1. The number of hydrogen-bond donors (Lipinski definition) is 1. The van der Waals surface area contributed by atoms with Crippen molar-refractivity contribution in [2.24, 2.45) is 0 Å². The number of hydrogen-bond acceptors (Lipinski definition) is 5. The number of methoxy groups -OCH3 is 1. The summed E-state index contributed by atoms with van der Waals surface area (Å²) < 4.78 is 10.1. The van der Waals surface area contributed by atoms with Crippen LogP contribution in [0, 0.1) is 0 Å². The molecule has 0 bridgehead atoms. The van der Waals surface area contributed by atoms with Gasteiger partial charge in [-0.1, -0.05) is 25.9 Å². The molecule has 24 heavy (non-hydrogen) atoms. The van der Waals surface area contributed by atoms with Gasteiger partial charge in [-0.3, -0.25) is 9.59 Å². The van der Waals surface area contributed by atoms with Crippen LogP contribution in [0.15, 0.2) is 10.6 Å². The molecule has 0 aliphatic carbocycles. The number of aromatic nitrogens is 1. The second kappa shape index (κ2) is 7.79. The maximum Gasteiger partial charge on any atom is 0.248 e. The van der Waals surface area contributed by atoms with Crippen molar-refractivity contribution >= 4 is 18.1 Å². The molecule has 2 amide bonds. The average Bonchev–Trinajstić information content (AvgIpc) is 2.86. The zero-order chi connectivity index (χ0) is 18.5. The molecular formula is C17H29N3O4. The van der Waals surface area contributed by atoms with Gasteiger partial charge < -0.3 is 19.5 Å². The van der Waals surface area contributed by atoms with Gasteiger partial charge in [0.1, 0.15) is 11.8 Å². The predicted octanol–water partition coefficient (Wildman–Crippen LogP) is 2.57. The van der Waals surface area contributed by atoms with Crippen LogP contribution in [0.1, 0.15) is 53.7 Å². The van der Waals surface area contributed by atoms with E-state index in [-0.39, 0.29) is 23.0 Å². The number of carbonyl (C=O) groups is 2. The molecule has 1 aromatic rings. The van der Waals surface area contributed by atoms with Gasteiger partial charge in [0.15, 0.2) is 5.82 Å². The van der Waals surface area contributed by atoms with Crippen LogP contribution >= 0.6 is 0 Å². The highest BCUT2D eigenvalue weighted by atomic mass is 16.5. The maximum absolute atomic E-state index is 11.8. The van der Waals surface area contributed by atoms with Crippen molar-refractivity contribution in [1.29, 1.82) is 0 Å². The van der Waals surface area contributed by atoms with Crippen LogP contribution in [0.4, 0.5) is 5.82 Å². The molecule has 1 saturated heterocycles. The summed E-state index contributed by atoms with van der Waals surface area (Å²) in [4.78, 5) is 23.9. The summed E-state index contributed by atoms with van der Waals surface area (Å²) in [6, 6.07) is 1.33. The highest BCUT2D eigenvalue weighted by Gasteiger charge is 2.33. The Balaban J connectivity index is 0.000000413. The number of nitrogens with one attached hydrogen (secondary N) is 1. The van der Waals surface area contributed by atoms with Gasteiger partial charge in [-0.25, -0.2) is 0 Å². The minimum atomic E-state index is -0.378. The van der Waals surface area contributed by atoms with Gasteiger partial charge in [-0.2, -0.15) is 0 Å². The lowest BCUT2D eigenvalue weighted by molar-refractivity contribution is -0.135. The summed E-state index contributed by atoms with van der Waals surface area (Å²) in [7, 11) is 1.71. The van der Waals surface area contributed by atoms with E-state index in [1.165, 1.54) is 4.90 Å². The third-order valence-corrected chi connectivity index (χ3v) is 3.61. The summed E-state index contributed by atoms with van der Waals surface area (Å²) in [5.41, 5.74) is -0.110. The Bertz CT molecular complexity index is 555. The summed E-state index contributed by atoms with van der Waals surface area (Å²) in [6.07, 6.45) is 1.38. The zero-order valence-electron chi connectivity index (χ0n) is 15.7. The second-order valence-electron chi connectivity index (χ2n) is 7.78. The van der Waals surface area contributed by atoms with E-state index in [0.29, 0.717) is 31.0 Å². The molecule has 0 saturated carbocycles. The van der Waals surface area contributed by atoms with Gasteiger partial charge in [0.2, 0.25) is 12.3 Å². The molecule has 0 radical (unpaired) electrons. The Labute approximate surface area is 143 Å². The lowest BCUT2D eigenvalue weighted by Gasteiger charge is -2.36. The molecule has 0 spiro atoms.